The molecule has 1 N–H and O–H groups in total. The van der Waals surface area contributed by atoms with Crippen molar-refractivity contribution in [1.82, 2.24) is 15.1 Å². The second-order valence-corrected chi connectivity index (χ2v) is 7.33. The van der Waals surface area contributed by atoms with Gasteiger partial charge in [0.05, 0.1) is 12.8 Å². The smallest absolute Gasteiger partial charge is 0.269 e. The third kappa shape index (κ3) is 3.88. The molecule has 0 bridgehead atoms. The van der Waals surface area contributed by atoms with Gasteiger partial charge in [-0.05, 0) is 38.1 Å². The number of hydrogen-bond donors (Lipinski definition) is 1. The van der Waals surface area contributed by atoms with Crippen molar-refractivity contribution in [2.75, 3.05) is 39.3 Å². The molecule has 0 aromatic carbocycles. The molecule has 0 radical (unpaired) electrons. The lowest BCUT2D eigenvalue weighted by Crippen LogP contribution is -2.38. The minimum atomic E-state index is -0.303. The Morgan fingerprint density at radius 2 is 2.08 bits per heavy atom. The molecule has 7 nitrogen and oxygen atoms in total. The maximum absolute atomic E-state index is 12.3. The topological polar surface area (TPSA) is 70.3 Å². The van der Waals surface area contributed by atoms with Crippen LogP contribution in [0, 0.1) is 0 Å². The van der Waals surface area contributed by atoms with Crippen LogP contribution in [0.2, 0.25) is 0 Å². The van der Waals surface area contributed by atoms with E-state index in [4.69, 9.17) is 9.25 Å². The van der Waals surface area contributed by atoms with Crippen LogP contribution in [0.25, 0.3) is 0 Å². The van der Waals surface area contributed by atoms with Crippen molar-refractivity contribution in [2.24, 2.45) is 5.16 Å². The molecule has 1 aromatic rings. The van der Waals surface area contributed by atoms with Crippen molar-refractivity contribution >= 4 is 11.6 Å². The van der Waals surface area contributed by atoms with Crippen molar-refractivity contribution in [3.63, 3.8) is 0 Å². The second kappa shape index (κ2) is 7.17. The van der Waals surface area contributed by atoms with E-state index in [-0.39, 0.29) is 11.5 Å². The Morgan fingerprint density at radius 3 is 2.88 bits per heavy atom. The average molecular weight is 346 g/mol. The highest BCUT2D eigenvalue weighted by atomic mass is 16.7. The Morgan fingerprint density at radius 1 is 1.24 bits per heavy atom. The van der Waals surface area contributed by atoms with Crippen LogP contribution in [-0.2, 0) is 16.2 Å². The van der Waals surface area contributed by atoms with E-state index in [1.54, 1.807) is 6.26 Å². The molecule has 136 valence electrons. The lowest BCUT2D eigenvalue weighted by molar-refractivity contribution is -0.115. The predicted octanol–water partition coefficient (Wildman–Crippen LogP) is 1.21. The van der Waals surface area contributed by atoms with Crippen molar-refractivity contribution in [1.29, 1.82) is 0 Å². The maximum atomic E-state index is 12.3. The molecule has 0 aliphatic carbocycles. The maximum Gasteiger partial charge on any atom is 0.269 e. The van der Waals surface area contributed by atoms with Gasteiger partial charge in [-0.1, -0.05) is 5.16 Å². The van der Waals surface area contributed by atoms with Gasteiger partial charge in [-0.15, -0.1) is 0 Å². The monoisotopic (exact) mass is 346 g/mol. The molecule has 3 aliphatic heterocycles. The van der Waals surface area contributed by atoms with Gasteiger partial charge in [0.15, 0.2) is 5.60 Å². The van der Waals surface area contributed by atoms with Crippen LogP contribution in [0.15, 0.2) is 28.0 Å². The summed E-state index contributed by atoms with van der Waals surface area (Å²) in [7, 11) is 0. The van der Waals surface area contributed by atoms with Crippen LogP contribution in [-0.4, -0.2) is 66.3 Å². The molecule has 0 unspecified atom stereocenters. The van der Waals surface area contributed by atoms with Gasteiger partial charge in [-0.2, -0.15) is 0 Å². The van der Waals surface area contributed by atoms with Crippen LogP contribution < -0.4 is 5.32 Å². The number of rotatable bonds is 6. The Balaban J connectivity index is 1.23. The van der Waals surface area contributed by atoms with E-state index in [2.05, 4.69) is 20.3 Å². The van der Waals surface area contributed by atoms with Crippen LogP contribution in [0.3, 0.4) is 0 Å². The highest BCUT2D eigenvalue weighted by molar-refractivity contribution is 6.39. The number of hydrogen-bond acceptors (Lipinski definition) is 6. The first-order valence-corrected chi connectivity index (χ1v) is 9.23. The summed E-state index contributed by atoms with van der Waals surface area (Å²) in [5.74, 6) is 0.570. The quantitative estimate of drug-likeness (QED) is 0.838. The first kappa shape index (κ1) is 16.6. The number of nitrogens with zero attached hydrogens (tertiary/aromatic N) is 3. The SMILES string of the molecule is O=C(NCc1ccco1)C1=NO[C@@]2(CCN(CCN3CCCC3)C2)C1. The Bertz CT molecular complexity index is 624. The van der Waals surface area contributed by atoms with Gasteiger partial charge >= 0.3 is 0 Å². The van der Waals surface area contributed by atoms with E-state index < -0.39 is 0 Å². The molecule has 4 rings (SSSR count). The summed E-state index contributed by atoms with van der Waals surface area (Å²) in [6.07, 6.45) is 5.79. The van der Waals surface area contributed by atoms with Crippen molar-refractivity contribution in [3.8, 4) is 0 Å². The fraction of sp³-hybridized carbons (Fsp3) is 0.667. The van der Waals surface area contributed by atoms with Gasteiger partial charge in [0.25, 0.3) is 5.91 Å². The Labute approximate surface area is 148 Å². The summed E-state index contributed by atoms with van der Waals surface area (Å²) in [6.45, 7) is 6.93. The molecule has 1 amide bonds. The van der Waals surface area contributed by atoms with Gasteiger partial charge in [0, 0.05) is 39.0 Å². The fourth-order valence-corrected chi connectivity index (χ4v) is 3.95. The number of amides is 1. The number of nitrogens with one attached hydrogen (secondary N) is 1. The predicted molar refractivity (Wildman–Crippen MR) is 93.2 cm³/mol. The summed E-state index contributed by atoms with van der Waals surface area (Å²) in [5, 5.41) is 6.92. The molecular formula is C18H26N4O3. The van der Waals surface area contributed by atoms with E-state index >= 15 is 0 Å². The lowest BCUT2D eigenvalue weighted by atomic mass is 9.96. The molecule has 1 atom stereocenters. The standard InChI is InChI=1S/C18H26N4O3/c23-17(19-13-15-4-3-11-24-15)16-12-18(25-20-16)5-8-22(14-18)10-9-21-6-1-2-7-21/h3-4,11H,1-2,5-10,12-14H2,(H,19,23)/t18-/m0/s1. The average Bonchev–Trinajstić information content (AvgIpc) is 3.41. The third-order valence-corrected chi connectivity index (χ3v) is 5.43. The fourth-order valence-electron chi connectivity index (χ4n) is 3.95. The van der Waals surface area contributed by atoms with Gasteiger partial charge < -0.3 is 19.5 Å². The number of furan rings is 1. The first-order valence-electron chi connectivity index (χ1n) is 9.23. The molecule has 1 aromatic heterocycles. The van der Waals surface area contributed by atoms with E-state index in [1.807, 2.05) is 12.1 Å². The van der Waals surface area contributed by atoms with Crippen LogP contribution in [0.1, 0.15) is 31.4 Å². The van der Waals surface area contributed by atoms with Crippen LogP contribution in [0.4, 0.5) is 0 Å². The van der Waals surface area contributed by atoms with Crippen LogP contribution in [0.5, 0.6) is 0 Å². The highest BCUT2D eigenvalue weighted by Gasteiger charge is 2.46. The minimum absolute atomic E-state index is 0.163. The summed E-state index contributed by atoms with van der Waals surface area (Å²) in [6, 6.07) is 3.64. The lowest BCUT2D eigenvalue weighted by Gasteiger charge is -2.23. The summed E-state index contributed by atoms with van der Waals surface area (Å²) in [4.78, 5) is 23.0. The molecule has 1 spiro atoms. The van der Waals surface area contributed by atoms with Gasteiger partial charge in [-0.3, -0.25) is 9.69 Å². The van der Waals surface area contributed by atoms with Gasteiger partial charge in [-0.25, -0.2) is 0 Å². The van der Waals surface area contributed by atoms with E-state index in [0.29, 0.717) is 18.7 Å². The Hall–Kier alpha value is -1.86. The third-order valence-electron chi connectivity index (χ3n) is 5.43. The second-order valence-electron chi connectivity index (χ2n) is 7.33. The van der Waals surface area contributed by atoms with Crippen molar-refractivity contribution in [3.05, 3.63) is 24.2 Å². The Kier molecular flexibility index (Phi) is 4.76. The minimum Gasteiger partial charge on any atom is -0.467 e. The zero-order valence-electron chi connectivity index (χ0n) is 14.6. The normalized spacial score (nSPS) is 27.0. The molecular weight excluding hydrogens is 320 g/mol. The summed E-state index contributed by atoms with van der Waals surface area (Å²) >= 11 is 0. The molecule has 4 heterocycles. The molecule has 0 saturated carbocycles. The molecule has 7 heteroatoms. The number of oxime groups is 1. The van der Waals surface area contributed by atoms with Crippen LogP contribution >= 0.6 is 0 Å². The van der Waals surface area contributed by atoms with Gasteiger partial charge in [0.1, 0.15) is 11.5 Å². The first-order chi connectivity index (χ1) is 12.2. The number of likely N-dealkylation sites (tertiary alicyclic amines) is 2. The zero-order valence-corrected chi connectivity index (χ0v) is 14.6. The number of carbonyl (C=O) groups excluding carboxylic acids is 1. The molecule has 3 aliphatic rings. The molecule has 2 saturated heterocycles. The van der Waals surface area contributed by atoms with E-state index in [9.17, 15) is 4.79 Å². The zero-order chi connectivity index (χ0) is 17.1. The largest absolute Gasteiger partial charge is 0.467 e. The van der Waals surface area contributed by atoms with Crippen molar-refractivity contribution in [2.45, 2.75) is 37.8 Å². The molecule has 2 fully saturated rings. The van der Waals surface area contributed by atoms with E-state index in [1.165, 1.54) is 25.9 Å². The van der Waals surface area contributed by atoms with Crippen molar-refractivity contribution < 1.29 is 14.0 Å². The summed E-state index contributed by atoms with van der Waals surface area (Å²) in [5.41, 5.74) is 0.190. The number of carbonyl (C=O) groups is 1. The highest BCUT2D eigenvalue weighted by Crippen LogP contribution is 2.33. The van der Waals surface area contributed by atoms with E-state index in [0.717, 1.165) is 38.4 Å². The molecule has 25 heavy (non-hydrogen) atoms. The van der Waals surface area contributed by atoms with Gasteiger partial charge in [0.2, 0.25) is 0 Å². The summed E-state index contributed by atoms with van der Waals surface area (Å²) < 4.78 is 5.23.